The summed E-state index contributed by atoms with van der Waals surface area (Å²) in [5.74, 6) is 0.374. The van der Waals surface area contributed by atoms with Crippen molar-refractivity contribution in [2.75, 3.05) is 20.3 Å². The molecule has 0 radical (unpaired) electrons. The highest BCUT2D eigenvalue weighted by Crippen LogP contribution is 2.13. The zero-order valence-electron chi connectivity index (χ0n) is 13.8. The Labute approximate surface area is 141 Å². The number of amides is 1. The van der Waals surface area contributed by atoms with E-state index in [0.29, 0.717) is 39.0 Å². The molecular weight excluding hydrogens is 312 g/mol. The van der Waals surface area contributed by atoms with Crippen LogP contribution in [0.4, 0.5) is 0 Å². The molecule has 0 aromatic heterocycles. The van der Waals surface area contributed by atoms with Gasteiger partial charge in [-0.3, -0.25) is 9.59 Å². The maximum absolute atomic E-state index is 11.9. The second kappa shape index (κ2) is 9.24. The van der Waals surface area contributed by atoms with E-state index >= 15 is 0 Å². The molecule has 1 aliphatic rings. The molecule has 1 saturated heterocycles. The maximum Gasteiger partial charge on any atom is 0.305 e. The Morgan fingerprint density at radius 1 is 1.33 bits per heavy atom. The van der Waals surface area contributed by atoms with E-state index in [2.05, 4.69) is 15.4 Å². The molecule has 0 saturated carbocycles. The van der Waals surface area contributed by atoms with E-state index in [1.54, 1.807) is 0 Å². The van der Waals surface area contributed by atoms with Crippen molar-refractivity contribution in [3.8, 4) is 5.75 Å². The van der Waals surface area contributed by atoms with Crippen LogP contribution in [0.3, 0.4) is 0 Å². The van der Waals surface area contributed by atoms with Gasteiger partial charge < -0.3 is 25.2 Å². The lowest BCUT2D eigenvalue weighted by molar-refractivity contribution is -0.140. The van der Waals surface area contributed by atoms with E-state index in [1.807, 2.05) is 24.3 Å². The Balaban J connectivity index is 1.68. The van der Waals surface area contributed by atoms with Gasteiger partial charge in [0.05, 0.1) is 25.9 Å². The molecule has 1 fully saturated rings. The Kier molecular flexibility index (Phi) is 7.02. The van der Waals surface area contributed by atoms with Crippen LogP contribution in [0.5, 0.6) is 5.75 Å². The molecule has 1 aromatic rings. The number of hydrogen-bond acceptors (Lipinski definition) is 6. The summed E-state index contributed by atoms with van der Waals surface area (Å²) >= 11 is 0. The van der Waals surface area contributed by atoms with E-state index in [1.165, 1.54) is 7.11 Å². The van der Waals surface area contributed by atoms with E-state index < -0.39 is 6.10 Å². The molecule has 1 aliphatic heterocycles. The van der Waals surface area contributed by atoms with Crippen molar-refractivity contribution < 1.29 is 24.2 Å². The summed E-state index contributed by atoms with van der Waals surface area (Å²) in [5.41, 5.74) is 0.962. The molecule has 2 atom stereocenters. The van der Waals surface area contributed by atoms with Gasteiger partial charge in [0.2, 0.25) is 5.91 Å². The Morgan fingerprint density at radius 2 is 2.08 bits per heavy atom. The van der Waals surface area contributed by atoms with Crippen molar-refractivity contribution in [1.29, 1.82) is 0 Å². The van der Waals surface area contributed by atoms with Crippen molar-refractivity contribution in [2.45, 2.75) is 38.0 Å². The lowest BCUT2D eigenvalue weighted by Crippen LogP contribution is -2.39. The molecule has 0 aliphatic carbocycles. The number of benzene rings is 1. The Hall–Kier alpha value is -2.12. The zero-order chi connectivity index (χ0) is 17.4. The normalized spacial score (nSPS) is 19.8. The van der Waals surface area contributed by atoms with Crippen molar-refractivity contribution in [1.82, 2.24) is 10.6 Å². The van der Waals surface area contributed by atoms with Gasteiger partial charge in [0.1, 0.15) is 5.75 Å². The van der Waals surface area contributed by atoms with Gasteiger partial charge in [-0.15, -0.1) is 0 Å². The van der Waals surface area contributed by atoms with Gasteiger partial charge in [-0.25, -0.2) is 0 Å². The average molecular weight is 336 g/mol. The fourth-order valence-electron chi connectivity index (χ4n) is 2.44. The fourth-order valence-corrected chi connectivity index (χ4v) is 2.44. The fraction of sp³-hybridized carbons (Fsp3) is 0.529. The summed E-state index contributed by atoms with van der Waals surface area (Å²) in [7, 11) is 1.37. The van der Waals surface area contributed by atoms with Crippen LogP contribution in [0, 0.1) is 0 Å². The lowest BCUT2D eigenvalue weighted by atomic mass is 10.1. The molecule has 1 amide bonds. The third kappa shape index (κ3) is 5.82. The SMILES string of the molecule is COC(=O)CCCOc1ccc(CNC(=O)C2CC(O)CN2)cc1. The van der Waals surface area contributed by atoms with Gasteiger partial charge in [-0.2, -0.15) is 0 Å². The minimum atomic E-state index is -0.448. The van der Waals surface area contributed by atoms with Crippen LogP contribution >= 0.6 is 0 Å². The van der Waals surface area contributed by atoms with E-state index in [4.69, 9.17) is 4.74 Å². The van der Waals surface area contributed by atoms with Crippen molar-refractivity contribution in [2.24, 2.45) is 0 Å². The second-order valence-corrected chi connectivity index (χ2v) is 5.74. The van der Waals surface area contributed by atoms with Gasteiger partial charge >= 0.3 is 5.97 Å². The van der Waals surface area contributed by atoms with Crippen LogP contribution in [-0.4, -0.2) is 49.4 Å². The summed E-state index contributed by atoms with van der Waals surface area (Å²) in [6, 6.07) is 7.10. The highest BCUT2D eigenvalue weighted by molar-refractivity contribution is 5.82. The molecule has 7 heteroatoms. The van der Waals surface area contributed by atoms with Crippen LogP contribution < -0.4 is 15.4 Å². The molecule has 1 heterocycles. The number of ether oxygens (including phenoxy) is 2. The highest BCUT2D eigenvalue weighted by Gasteiger charge is 2.27. The number of hydrogen-bond donors (Lipinski definition) is 3. The van der Waals surface area contributed by atoms with E-state index in [0.717, 1.165) is 11.3 Å². The minimum absolute atomic E-state index is 0.102. The van der Waals surface area contributed by atoms with Crippen LogP contribution in [0.25, 0.3) is 0 Å². The van der Waals surface area contributed by atoms with Crippen molar-refractivity contribution in [3.63, 3.8) is 0 Å². The molecule has 132 valence electrons. The molecule has 2 rings (SSSR count). The van der Waals surface area contributed by atoms with Crippen LogP contribution in [0.2, 0.25) is 0 Å². The monoisotopic (exact) mass is 336 g/mol. The van der Waals surface area contributed by atoms with Crippen LogP contribution in [0.15, 0.2) is 24.3 Å². The third-order valence-electron chi connectivity index (χ3n) is 3.84. The second-order valence-electron chi connectivity index (χ2n) is 5.74. The van der Waals surface area contributed by atoms with Gasteiger partial charge in [-0.05, 0) is 30.5 Å². The van der Waals surface area contributed by atoms with Crippen molar-refractivity contribution in [3.05, 3.63) is 29.8 Å². The molecule has 2 unspecified atom stereocenters. The van der Waals surface area contributed by atoms with Crippen LogP contribution in [0.1, 0.15) is 24.8 Å². The zero-order valence-corrected chi connectivity index (χ0v) is 13.8. The predicted molar refractivity (Wildman–Crippen MR) is 87.4 cm³/mol. The minimum Gasteiger partial charge on any atom is -0.494 e. The molecular formula is C17H24N2O5. The quantitative estimate of drug-likeness (QED) is 0.468. The molecule has 0 bridgehead atoms. The first-order valence-corrected chi connectivity index (χ1v) is 8.06. The van der Waals surface area contributed by atoms with Crippen molar-refractivity contribution >= 4 is 11.9 Å². The topological polar surface area (TPSA) is 96.9 Å². The first-order valence-electron chi connectivity index (χ1n) is 8.06. The average Bonchev–Trinajstić information content (AvgIpc) is 3.04. The lowest BCUT2D eigenvalue weighted by Gasteiger charge is -2.11. The molecule has 24 heavy (non-hydrogen) atoms. The maximum atomic E-state index is 11.9. The number of methoxy groups -OCH3 is 1. The van der Waals surface area contributed by atoms with Crippen LogP contribution in [-0.2, 0) is 20.9 Å². The summed E-state index contributed by atoms with van der Waals surface area (Å²) in [5, 5.41) is 15.2. The molecule has 3 N–H and O–H groups in total. The van der Waals surface area contributed by atoms with E-state index in [9.17, 15) is 14.7 Å². The number of nitrogens with one attached hydrogen (secondary N) is 2. The number of rotatable bonds is 8. The van der Waals surface area contributed by atoms with E-state index in [-0.39, 0.29) is 17.9 Å². The number of β-amino-alcohol motifs (C(OH)–C–C–N with tert-alkyl or cyclic N) is 1. The number of aliphatic hydroxyl groups excluding tert-OH is 1. The van der Waals surface area contributed by atoms with Gasteiger partial charge in [0.25, 0.3) is 0 Å². The summed E-state index contributed by atoms with van der Waals surface area (Å²) in [6.45, 7) is 1.33. The first kappa shape index (κ1) is 18.2. The van der Waals surface area contributed by atoms with Gasteiger partial charge in [-0.1, -0.05) is 12.1 Å². The highest BCUT2D eigenvalue weighted by atomic mass is 16.5. The standard InChI is InChI=1S/C17H24N2O5/c1-23-16(21)3-2-8-24-14-6-4-12(5-7-14)10-19-17(22)15-9-13(20)11-18-15/h4-7,13,15,18,20H,2-3,8-11H2,1H3,(H,19,22). The Bertz CT molecular complexity index is 546. The number of carbonyl (C=O) groups excluding carboxylic acids is 2. The number of esters is 1. The molecule has 1 aromatic carbocycles. The summed E-state index contributed by atoms with van der Waals surface area (Å²) < 4.78 is 10.1. The molecule has 7 nitrogen and oxygen atoms in total. The first-order chi connectivity index (χ1) is 11.6. The predicted octanol–water partition coefficient (Wildman–Crippen LogP) is 0.358. The Morgan fingerprint density at radius 3 is 2.71 bits per heavy atom. The molecule has 0 spiro atoms. The summed E-state index contributed by atoms with van der Waals surface area (Å²) in [4.78, 5) is 22.9. The largest absolute Gasteiger partial charge is 0.494 e. The number of carbonyl (C=O) groups is 2. The third-order valence-corrected chi connectivity index (χ3v) is 3.84. The summed E-state index contributed by atoms with van der Waals surface area (Å²) in [6.07, 6.45) is 0.941. The number of aliphatic hydroxyl groups is 1. The van der Waals surface area contributed by atoms with Gasteiger partial charge in [0, 0.05) is 19.5 Å². The smallest absolute Gasteiger partial charge is 0.305 e. The van der Waals surface area contributed by atoms with Gasteiger partial charge in [0.15, 0.2) is 0 Å².